The SMILES string of the molecule is CC(C)OCCCC(=O)N1CCCCC[C@@H]1C. The van der Waals surface area contributed by atoms with Gasteiger partial charge in [-0.25, -0.2) is 0 Å². The molecule has 100 valence electrons. The molecule has 0 bridgehead atoms. The molecular weight excluding hydrogens is 214 g/mol. The quantitative estimate of drug-likeness (QED) is 0.693. The van der Waals surface area contributed by atoms with Gasteiger partial charge in [-0.15, -0.1) is 0 Å². The Morgan fingerprint density at radius 1 is 1.35 bits per heavy atom. The van der Waals surface area contributed by atoms with E-state index in [0.717, 1.165) is 19.4 Å². The van der Waals surface area contributed by atoms with Gasteiger partial charge in [0.25, 0.3) is 0 Å². The van der Waals surface area contributed by atoms with Crippen LogP contribution in [0.25, 0.3) is 0 Å². The van der Waals surface area contributed by atoms with Gasteiger partial charge >= 0.3 is 0 Å². The van der Waals surface area contributed by atoms with Gasteiger partial charge < -0.3 is 9.64 Å². The molecule has 0 aliphatic carbocycles. The lowest BCUT2D eigenvalue weighted by Gasteiger charge is -2.27. The maximum Gasteiger partial charge on any atom is 0.222 e. The zero-order valence-electron chi connectivity index (χ0n) is 11.6. The average Bonchev–Trinajstić information content (AvgIpc) is 2.48. The van der Waals surface area contributed by atoms with Crippen molar-refractivity contribution in [2.75, 3.05) is 13.2 Å². The van der Waals surface area contributed by atoms with Gasteiger partial charge in [0.1, 0.15) is 0 Å². The minimum Gasteiger partial charge on any atom is -0.379 e. The van der Waals surface area contributed by atoms with Crippen LogP contribution in [0.5, 0.6) is 0 Å². The topological polar surface area (TPSA) is 29.5 Å². The molecule has 1 heterocycles. The summed E-state index contributed by atoms with van der Waals surface area (Å²) < 4.78 is 5.46. The third-order valence-electron chi connectivity index (χ3n) is 3.36. The lowest BCUT2D eigenvalue weighted by atomic mass is 10.1. The molecule has 1 aliphatic rings. The zero-order chi connectivity index (χ0) is 12.7. The Kier molecular flexibility index (Phi) is 6.56. The summed E-state index contributed by atoms with van der Waals surface area (Å²) in [6.07, 6.45) is 6.61. The average molecular weight is 241 g/mol. The van der Waals surface area contributed by atoms with E-state index < -0.39 is 0 Å². The molecule has 0 saturated carbocycles. The predicted octanol–water partition coefficient (Wildman–Crippen LogP) is 2.98. The smallest absolute Gasteiger partial charge is 0.222 e. The van der Waals surface area contributed by atoms with Gasteiger partial charge in [-0.2, -0.15) is 0 Å². The van der Waals surface area contributed by atoms with Crippen LogP contribution >= 0.6 is 0 Å². The van der Waals surface area contributed by atoms with Crippen molar-refractivity contribution in [3.8, 4) is 0 Å². The highest BCUT2D eigenvalue weighted by molar-refractivity contribution is 5.76. The third-order valence-corrected chi connectivity index (χ3v) is 3.36. The lowest BCUT2D eigenvalue weighted by molar-refractivity contribution is -0.133. The van der Waals surface area contributed by atoms with E-state index in [1.807, 2.05) is 13.8 Å². The van der Waals surface area contributed by atoms with Gasteiger partial charge in [0.2, 0.25) is 5.91 Å². The molecule has 0 N–H and O–H groups in total. The Bertz CT molecular complexity index is 228. The second-order valence-electron chi connectivity index (χ2n) is 5.31. The molecule has 1 amide bonds. The summed E-state index contributed by atoms with van der Waals surface area (Å²) in [4.78, 5) is 14.1. The van der Waals surface area contributed by atoms with E-state index >= 15 is 0 Å². The molecule has 1 rings (SSSR count). The minimum absolute atomic E-state index is 0.266. The molecule has 0 radical (unpaired) electrons. The molecule has 3 heteroatoms. The molecule has 0 aromatic rings. The van der Waals surface area contributed by atoms with Crippen molar-refractivity contribution in [3.05, 3.63) is 0 Å². The van der Waals surface area contributed by atoms with Crippen molar-refractivity contribution in [1.29, 1.82) is 0 Å². The summed E-state index contributed by atoms with van der Waals surface area (Å²) in [7, 11) is 0. The summed E-state index contributed by atoms with van der Waals surface area (Å²) in [5.41, 5.74) is 0. The van der Waals surface area contributed by atoms with Crippen molar-refractivity contribution >= 4 is 5.91 Å². The van der Waals surface area contributed by atoms with Crippen LogP contribution in [0.3, 0.4) is 0 Å². The van der Waals surface area contributed by atoms with Crippen LogP contribution in [0.4, 0.5) is 0 Å². The number of hydrogen-bond donors (Lipinski definition) is 0. The highest BCUT2D eigenvalue weighted by Gasteiger charge is 2.21. The van der Waals surface area contributed by atoms with E-state index in [-0.39, 0.29) is 6.10 Å². The molecule has 0 unspecified atom stereocenters. The first kappa shape index (κ1) is 14.5. The number of amides is 1. The van der Waals surface area contributed by atoms with Gasteiger partial charge in [-0.05, 0) is 40.0 Å². The van der Waals surface area contributed by atoms with Crippen molar-refractivity contribution in [1.82, 2.24) is 4.90 Å². The summed E-state index contributed by atoms with van der Waals surface area (Å²) in [6.45, 7) is 7.88. The van der Waals surface area contributed by atoms with E-state index in [4.69, 9.17) is 4.74 Å². The first-order chi connectivity index (χ1) is 8.11. The second-order valence-corrected chi connectivity index (χ2v) is 5.31. The van der Waals surface area contributed by atoms with E-state index in [1.165, 1.54) is 19.3 Å². The van der Waals surface area contributed by atoms with E-state index in [2.05, 4.69) is 11.8 Å². The standard InChI is InChI=1S/C14H27NO2/c1-12(2)17-11-7-9-14(16)15-10-6-4-5-8-13(15)3/h12-13H,4-11H2,1-3H3/t13-/m0/s1. The predicted molar refractivity (Wildman–Crippen MR) is 70.0 cm³/mol. The van der Waals surface area contributed by atoms with Crippen LogP contribution in [-0.2, 0) is 9.53 Å². The maximum absolute atomic E-state index is 12.1. The van der Waals surface area contributed by atoms with Crippen LogP contribution in [0, 0.1) is 0 Å². The number of ether oxygens (including phenoxy) is 1. The van der Waals surface area contributed by atoms with Gasteiger partial charge in [0.15, 0.2) is 0 Å². The molecule has 3 nitrogen and oxygen atoms in total. The summed E-state index contributed by atoms with van der Waals surface area (Å²) in [5.74, 6) is 0.312. The van der Waals surface area contributed by atoms with Crippen LogP contribution in [0.2, 0.25) is 0 Å². The molecule has 0 spiro atoms. The molecule has 1 fully saturated rings. The number of nitrogens with zero attached hydrogens (tertiary/aromatic N) is 1. The largest absolute Gasteiger partial charge is 0.379 e. The van der Waals surface area contributed by atoms with Crippen molar-refractivity contribution in [2.45, 2.75) is 71.4 Å². The third kappa shape index (κ3) is 5.53. The summed E-state index contributed by atoms with van der Waals surface area (Å²) in [6, 6.07) is 0.427. The first-order valence-corrected chi connectivity index (χ1v) is 7.02. The molecule has 0 aromatic heterocycles. The number of carbonyl (C=O) groups excluding carboxylic acids is 1. The maximum atomic E-state index is 12.1. The van der Waals surface area contributed by atoms with Crippen LogP contribution in [-0.4, -0.2) is 36.1 Å². The summed E-state index contributed by atoms with van der Waals surface area (Å²) in [5, 5.41) is 0. The highest BCUT2D eigenvalue weighted by atomic mass is 16.5. The molecule has 17 heavy (non-hydrogen) atoms. The number of hydrogen-bond acceptors (Lipinski definition) is 2. The Morgan fingerprint density at radius 3 is 2.82 bits per heavy atom. The van der Waals surface area contributed by atoms with Gasteiger partial charge in [-0.3, -0.25) is 4.79 Å². The fourth-order valence-electron chi connectivity index (χ4n) is 2.33. The lowest BCUT2D eigenvalue weighted by Crippen LogP contribution is -2.38. The summed E-state index contributed by atoms with van der Waals surface area (Å²) >= 11 is 0. The zero-order valence-corrected chi connectivity index (χ0v) is 11.6. The first-order valence-electron chi connectivity index (χ1n) is 7.02. The van der Waals surface area contributed by atoms with Crippen molar-refractivity contribution in [3.63, 3.8) is 0 Å². The Labute approximate surface area is 106 Å². The molecule has 1 atom stereocenters. The fraction of sp³-hybridized carbons (Fsp3) is 0.929. The minimum atomic E-state index is 0.266. The van der Waals surface area contributed by atoms with Gasteiger partial charge in [-0.1, -0.05) is 12.8 Å². The van der Waals surface area contributed by atoms with Gasteiger partial charge in [0.05, 0.1) is 6.10 Å². The van der Waals surface area contributed by atoms with Crippen LogP contribution in [0.1, 0.15) is 59.3 Å². The molecule has 0 aromatic carbocycles. The Balaban J connectivity index is 2.25. The van der Waals surface area contributed by atoms with Crippen molar-refractivity contribution < 1.29 is 9.53 Å². The highest BCUT2D eigenvalue weighted by Crippen LogP contribution is 2.17. The monoisotopic (exact) mass is 241 g/mol. The van der Waals surface area contributed by atoms with Gasteiger partial charge in [0, 0.05) is 25.6 Å². The number of carbonyl (C=O) groups is 1. The van der Waals surface area contributed by atoms with E-state index in [9.17, 15) is 4.79 Å². The normalized spacial score (nSPS) is 21.6. The van der Waals surface area contributed by atoms with Crippen LogP contribution in [0.15, 0.2) is 0 Å². The molecular formula is C14H27NO2. The Hall–Kier alpha value is -0.570. The molecule has 1 saturated heterocycles. The Morgan fingerprint density at radius 2 is 2.12 bits per heavy atom. The van der Waals surface area contributed by atoms with Crippen molar-refractivity contribution in [2.24, 2.45) is 0 Å². The van der Waals surface area contributed by atoms with Crippen LogP contribution < -0.4 is 0 Å². The number of likely N-dealkylation sites (tertiary alicyclic amines) is 1. The van der Waals surface area contributed by atoms with E-state index in [0.29, 0.717) is 25.0 Å². The number of rotatable bonds is 5. The fourth-order valence-corrected chi connectivity index (χ4v) is 2.33. The van der Waals surface area contributed by atoms with E-state index in [1.54, 1.807) is 0 Å². The second kappa shape index (κ2) is 7.70. The molecule has 1 aliphatic heterocycles.